The molecule has 3 saturated heterocycles. The van der Waals surface area contributed by atoms with Gasteiger partial charge in [-0.1, -0.05) is 11.3 Å². The Bertz CT molecular complexity index is 815. The van der Waals surface area contributed by atoms with Gasteiger partial charge in [0.15, 0.2) is 15.6 Å². The molecule has 9 heteroatoms. The SMILES string of the molecule is COc1cnc2nc(NC3=NC[C@@]4(CN5CCC4CC5)O3)sc2n1. The zero-order chi connectivity index (χ0) is 16.1. The molecule has 0 saturated carbocycles. The number of hydrogen-bond acceptors (Lipinski definition) is 9. The van der Waals surface area contributed by atoms with Crippen molar-refractivity contribution < 1.29 is 9.47 Å². The van der Waals surface area contributed by atoms with Crippen molar-refractivity contribution in [3.63, 3.8) is 0 Å². The first kappa shape index (κ1) is 14.4. The van der Waals surface area contributed by atoms with Crippen LogP contribution in [0.4, 0.5) is 5.13 Å². The van der Waals surface area contributed by atoms with Crippen LogP contribution in [-0.2, 0) is 4.74 Å². The first-order valence-electron chi connectivity index (χ1n) is 8.14. The summed E-state index contributed by atoms with van der Waals surface area (Å²) in [7, 11) is 1.57. The first-order valence-corrected chi connectivity index (χ1v) is 8.96. The number of hydrogen-bond donors (Lipinski definition) is 1. The molecule has 1 spiro atoms. The van der Waals surface area contributed by atoms with Crippen molar-refractivity contribution in [2.24, 2.45) is 10.9 Å². The third kappa shape index (κ3) is 2.22. The van der Waals surface area contributed by atoms with Gasteiger partial charge in [0.2, 0.25) is 5.88 Å². The summed E-state index contributed by atoms with van der Waals surface area (Å²) in [5.41, 5.74) is 0.453. The van der Waals surface area contributed by atoms with Crippen LogP contribution in [-0.4, -0.2) is 64.8 Å². The van der Waals surface area contributed by atoms with E-state index >= 15 is 0 Å². The number of nitrogens with zero attached hydrogens (tertiary/aromatic N) is 5. The van der Waals surface area contributed by atoms with Gasteiger partial charge in [0, 0.05) is 12.5 Å². The molecule has 4 aliphatic heterocycles. The van der Waals surface area contributed by atoms with Crippen LogP contribution in [0.2, 0.25) is 0 Å². The second-order valence-corrected chi connectivity index (χ2v) is 7.50. The molecule has 0 aromatic carbocycles. The van der Waals surface area contributed by atoms with E-state index in [2.05, 4.69) is 30.2 Å². The van der Waals surface area contributed by atoms with E-state index in [1.54, 1.807) is 13.3 Å². The molecule has 0 radical (unpaired) electrons. The third-order valence-electron chi connectivity index (χ3n) is 5.14. The van der Waals surface area contributed by atoms with Gasteiger partial charge in [-0.05, 0) is 25.9 Å². The van der Waals surface area contributed by atoms with Crippen LogP contribution in [0.5, 0.6) is 5.88 Å². The summed E-state index contributed by atoms with van der Waals surface area (Å²) in [5, 5.41) is 3.88. The molecule has 24 heavy (non-hydrogen) atoms. The average Bonchev–Trinajstić information content (AvgIpc) is 3.19. The van der Waals surface area contributed by atoms with E-state index < -0.39 is 0 Å². The lowest BCUT2D eigenvalue weighted by Gasteiger charge is -2.50. The number of methoxy groups -OCH3 is 1. The Hall–Kier alpha value is -2.00. The summed E-state index contributed by atoms with van der Waals surface area (Å²) in [6, 6.07) is 0.565. The van der Waals surface area contributed by atoms with Crippen LogP contribution in [0, 0.1) is 5.92 Å². The van der Waals surface area contributed by atoms with E-state index in [-0.39, 0.29) is 5.60 Å². The predicted octanol–water partition coefficient (Wildman–Crippen LogP) is 1.36. The summed E-state index contributed by atoms with van der Waals surface area (Å²) in [5.74, 6) is 1.09. The summed E-state index contributed by atoms with van der Waals surface area (Å²) >= 11 is 1.42. The highest BCUT2D eigenvalue weighted by atomic mass is 32.1. The fourth-order valence-electron chi connectivity index (χ4n) is 3.90. The molecule has 0 unspecified atom stereocenters. The van der Waals surface area contributed by atoms with Gasteiger partial charge in [-0.3, -0.25) is 10.2 Å². The molecular weight excluding hydrogens is 328 g/mol. The highest BCUT2D eigenvalue weighted by molar-refractivity contribution is 7.21. The number of anilines is 1. The molecule has 2 aromatic rings. The van der Waals surface area contributed by atoms with Crippen LogP contribution >= 0.6 is 11.3 Å². The fourth-order valence-corrected chi connectivity index (χ4v) is 4.68. The van der Waals surface area contributed by atoms with Crippen molar-refractivity contribution in [2.45, 2.75) is 18.4 Å². The minimum atomic E-state index is -0.144. The van der Waals surface area contributed by atoms with E-state index in [9.17, 15) is 0 Å². The maximum absolute atomic E-state index is 6.27. The maximum Gasteiger partial charge on any atom is 0.291 e. The second kappa shape index (κ2) is 5.25. The summed E-state index contributed by atoms with van der Waals surface area (Å²) in [4.78, 5) is 20.8. The van der Waals surface area contributed by atoms with Crippen molar-refractivity contribution in [1.29, 1.82) is 0 Å². The van der Waals surface area contributed by atoms with Crippen molar-refractivity contribution in [1.82, 2.24) is 19.9 Å². The number of aromatic nitrogens is 3. The van der Waals surface area contributed by atoms with Gasteiger partial charge in [0.25, 0.3) is 6.02 Å². The molecule has 2 bridgehead atoms. The number of piperidine rings is 3. The highest BCUT2D eigenvalue weighted by Crippen LogP contribution is 2.41. The minimum Gasteiger partial charge on any atom is -0.480 e. The fraction of sp³-hybridized carbons (Fsp3) is 0.600. The second-order valence-electron chi connectivity index (χ2n) is 6.52. The number of nitrogens with one attached hydrogen (secondary N) is 1. The molecule has 0 aliphatic carbocycles. The van der Waals surface area contributed by atoms with Gasteiger partial charge in [-0.2, -0.15) is 9.97 Å². The zero-order valence-corrected chi connectivity index (χ0v) is 14.2. The molecule has 0 amide bonds. The molecule has 1 N–H and O–H groups in total. The lowest BCUT2D eigenvalue weighted by molar-refractivity contribution is -0.0829. The van der Waals surface area contributed by atoms with Crippen molar-refractivity contribution in [3.05, 3.63) is 6.20 Å². The van der Waals surface area contributed by atoms with Crippen molar-refractivity contribution in [2.75, 3.05) is 38.6 Å². The molecule has 1 atom stereocenters. The van der Waals surface area contributed by atoms with Gasteiger partial charge in [-0.15, -0.1) is 0 Å². The monoisotopic (exact) mass is 346 g/mol. The van der Waals surface area contributed by atoms with Crippen LogP contribution in [0.3, 0.4) is 0 Å². The molecular formula is C15H18N6O2S. The smallest absolute Gasteiger partial charge is 0.291 e. The number of ether oxygens (including phenoxy) is 2. The average molecular weight is 346 g/mol. The normalized spacial score (nSPS) is 31.3. The highest BCUT2D eigenvalue weighted by Gasteiger charge is 2.51. The van der Waals surface area contributed by atoms with E-state index in [4.69, 9.17) is 9.47 Å². The Morgan fingerprint density at radius 3 is 3.00 bits per heavy atom. The number of thiazole rings is 1. The quantitative estimate of drug-likeness (QED) is 0.879. The molecule has 4 aliphatic rings. The molecule has 126 valence electrons. The predicted molar refractivity (Wildman–Crippen MR) is 90.7 cm³/mol. The Morgan fingerprint density at radius 1 is 1.38 bits per heavy atom. The summed E-state index contributed by atoms with van der Waals surface area (Å²) in [6.07, 6.45) is 3.98. The Labute approximate surface area is 142 Å². The summed E-state index contributed by atoms with van der Waals surface area (Å²) in [6.45, 7) is 4.09. The molecule has 6 heterocycles. The standard InChI is InChI=1S/C15H18N6O2S/c1-22-10-6-16-11-12(18-10)24-14(19-11)20-13-17-7-15(23-13)8-21-4-2-9(15)3-5-21/h6,9H,2-5,7-8H2,1H3,(H,16,17,19,20)/t15-/m0/s1. The van der Waals surface area contributed by atoms with Crippen molar-refractivity contribution in [3.8, 4) is 5.88 Å². The first-order chi connectivity index (χ1) is 11.7. The van der Waals surface area contributed by atoms with E-state index in [1.165, 1.54) is 37.3 Å². The number of amidine groups is 1. The summed E-state index contributed by atoms with van der Waals surface area (Å²) < 4.78 is 11.4. The van der Waals surface area contributed by atoms with E-state index in [0.29, 0.717) is 28.6 Å². The van der Waals surface area contributed by atoms with Gasteiger partial charge < -0.3 is 9.47 Å². The minimum absolute atomic E-state index is 0.144. The molecule has 8 nitrogen and oxygen atoms in total. The van der Waals surface area contributed by atoms with Gasteiger partial charge in [0.05, 0.1) is 19.9 Å². The largest absolute Gasteiger partial charge is 0.480 e. The molecule has 2 aromatic heterocycles. The number of aliphatic imine (C=N–C) groups is 1. The lowest BCUT2D eigenvalue weighted by atomic mass is 9.75. The van der Waals surface area contributed by atoms with Crippen LogP contribution < -0.4 is 10.1 Å². The lowest BCUT2D eigenvalue weighted by Crippen LogP contribution is -2.61. The molecule has 3 fully saturated rings. The van der Waals surface area contributed by atoms with Crippen LogP contribution in [0.1, 0.15) is 12.8 Å². The van der Waals surface area contributed by atoms with Crippen LogP contribution in [0.25, 0.3) is 10.5 Å². The maximum atomic E-state index is 6.27. The van der Waals surface area contributed by atoms with Gasteiger partial charge in [-0.25, -0.2) is 9.98 Å². The van der Waals surface area contributed by atoms with E-state index in [1.807, 2.05) is 0 Å². The van der Waals surface area contributed by atoms with Gasteiger partial charge in [0.1, 0.15) is 5.60 Å². The number of fused-ring (bicyclic) bond motifs is 3. The van der Waals surface area contributed by atoms with Gasteiger partial charge >= 0.3 is 0 Å². The molecule has 6 rings (SSSR count). The Morgan fingerprint density at radius 2 is 2.25 bits per heavy atom. The Kier molecular flexibility index (Phi) is 3.14. The van der Waals surface area contributed by atoms with E-state index in [0.717, 1.165) is 17.9 Å². The Balaban J connectivity index is 1.34. The third-order valence-corrected chi connectivity index (χ3v) is 5.99. The number of rotatable bonds is 2. The topological polar surface area (TPSA) is 84.8 Å². The zero-order valence-electron chi connectivity index (χ0n) is 13.4. The van der Waals surface area contributed by atoms with Crippen LogP contribution in [0.15, 0.2) is 11.2 Å². The van der Waals surface area contributed by atoms with Crippen molar-refractivity contribution >= 4 is 33.0 Å².